The number of carbonyl (C=O) groups is 2. The van der Waals surface area contributed by atoms with E-state index in [1.807, 2.05) is 35.8 Å². The molecule has 2 aliphatic rings. The highest BCUT2D eigenvalue weighted by Gasteiger charge is 2.28. The van der Waals surface area contributed by atoms with E-state index in [2.05, 4.69) is 5.32 Å². The Balaban J connectivity index is 1.47. The van der Waals surface area contributed by atoms with Crippen molar-refractivity contribution in [1.29, 1.82) is 0 Å². The molecule has 34 heavy (non-hydrogen) atoms. The first-order valence-corrected chi connectivity index (χ1v) is 12.4. The van der Waals surface area contributed by atoms with E-state index in [1.54, 1.807) is 19.4 Å². The summed E-state index contributed by atoms with van der Waals surface area (Å²) in [6, 6.07) is 8.05. The highest BCUT2D eigenvalue weighted by Crippen LogP contribution is 2.34. The molecule has 7 heteroatoms. The molecule has 2 saturated carbocycles. The van der Waals surface area contributed by atoms with Crippen LogP contribution >= 0.6 is 0 Å². The van der Waals surface area contributed by atoms with Crippen LogP contribution in [0.25, 0.3) is 0 Å². The van der Waals surface area contributed by atoms with Gasteiger partial charge in [-0.15, -0.1) is 0 Å². The van der Waals surface area contributed by atoms with Crippen LogP contribution in [0.15, 0.2) is 41.5 Å². The smallest absolute Gasteiger partial charge is 0.259 e. The second-order valence-electron chi connectivity index (χ2n) is 9.64. The number of carbonyl (C=O) groups excluding carboxylic acids is 2. The fourth-order valence-electron chi connectivity index (χ4n) is 4.42. The number of hydrogen-bond acceptors (Lipinski definition) is 4. The minimum absolute atomic E-state index is 0.0400. The molecule has 1 aromatic heterocycles. The standard InChI is InChI=1S/C27H35N3O4/c1-19-9-13-22(14-10-19)34-16-15-29(2)27(33)24-18-30(21-11-12-21)17-23(25(24)31)26(32)28-20-7-5-3-4-6-8-20/h9-10,13-14,17-18,20-21H,3-8,11-12,15-16H2,1-2H3,(H,28,32). The highest BCUT2D eigenvalue weighted by molar-refractivity contribution is 5.99. The molecule has 182 valence electrons. The summed E-state index contributed by atoms with van der Waals surface area (Å²) >= 11 is 0. The molecular formula is C27H35N3O4. The second-order valence-corrected chi connectivity index (χ2v) is 9.64. The van der Waals surface area contributed by atoms with Crippen LogP contribution in [-0.2, 0) is 0 Å². The average Bonchev–Trinajstić information content (AvgIpc) is 3.68. The summed E-state index contributed by atoms with van der Waals surface area (Å²) in [6.07, 6.45) is 11.6. The number of rotatable bonds is 8. The summed E-state index contributed by atoms with van der Waals surface area (Å²) in [4.78, 5) is 41.0. The first kappa shape index (κ1) is 24.0. The quantitative estimate of drug-likeness (QED) is 0.596. The van der Waals surface area contributed by atoms with Crippen molar-refractivity contribution in [2.45, 2.75) is 70.4 Å². The van der Waals surface area contributed by atoms with Gasteiger partial charge in [-0.3, -0.25) is 14.4 Å². The molecule has 1 aromatic carbocycles. The number of amides is 2. The monoisotopic (exact) mass is 465 g/mol. The van der Waals surface area contributed by atoms with Crippen molar-refractivity contribution in [2.75, 3.05) is 20.2 Å². The molecule has 2 aliphatic carbocycles. The number of aryl methyl sites for hydroxylation is 1. The fraction of sp³-hybridized carbons (Fsp3) is 0.519. The van der Waals surface area contributed by atoms with Crippen LogP contribution in [0.3, 0.4) is 0 Å². The number of benzene rings is 1. The van der Waals surface area contributed by atoms with Crippen molar-refractivity contribution in [3.8, 4) is 5.75 Å². The molecule has 7 nitrogen and oxygen atoms in total. The lowest BCUT2D eigenvalue weighted by Gasteiger charge is -2.20. The predicted octanol–water partition coefficient (Wildman–Crippen LogP) is 4.10. The van der Waals surface area contributed by atoms with Gasteiger partial charge >= 0.3 is 0 Å². The van der Waals surface area contributed by atoms with Gasteiger partial charge in [0.1, 0.15) is 23.5 Å². The van der Waals surface area contributed by atoms with Crippen LogP contribution in [0.5, 0.6) is 5.75 Å². The number of likely N-dealkylation sites (N-methyl/N-ethyl adjacent to an activating group) is 1. The summed E-state index contributed by atoms with van der Waals surface area (Å²) in [5, 5.41) is 3.06. The van der Waals surface area contributed by atoms with Gasteiger partial charge in [-0.05, 0) is 44.7 Å². The molecule has 2 aromatic rings. The third-order valence-electron chi connectivity index (χ3n) is 6.74. The van der Waals surface area contributed by atoms with E-state index in [0.717, 1.165) is 49.8 Å². The number of aromatic nitrogens is 1. The van der Waals surface area contributed by atoms with E-state index >= 15 is 0 Å². The van der Waals surface area contributed by atoms with E-state index in [4.69, 9.17) is 4.74 Å². The van der Waals surface area contributed by atoms with E-state index in [-0.39, 0.29) is 29.1 Å². The maximum atomic E-state index is 13.2. The fourth-order valence-corrected chi connectivity index (χ4v) is 4.42. The molecule has 1 N–H and O–H groups in total. The maximum absolute atomic E-state index is 13.2. The Morgan fingerprint density at radius 3 is 2.29 bits per heavy atom. The second kappa shape index (κ2) is 10.9. The molecule has 1 heterocycles. The SMILES string of the molecule is Cc1ccc(OCCN(C)C(=O)c2cn(C3CC3)cc(C(=O)NC3CCCCCC3)c2=O)cc1. The molecule has 0 radical (unpaired) electrons. The van der Waals surface area contributed by atoms with Gasteiger partial charge < -0.3 is 19.5 Å². The average molecular weight is 466 g/mol. The summed E-state index contributed by atoms with van der Waals surface area (Å²) < 4.78 is 7.60. The number of pyridine rings is 1. The van der Waals surface area contributed by atoms with E-state index in [0.29, 0.717) is 13.2 Å². The Hall–Kier alpha value is -3.09. The topological polar surface area (TPSA) is 80.6 Å². The number of ether oxygens (including phenoxy) is 1. The summed E-state index contributed by atoms with van der Waals surface area (Å²) in [5.41, 5.74) is 0.749. The van der Waals surface area contributed by atoms with Gasteiger partial charge in [0.05, 0.1) is 6.54 Å². The Morgan fingerprint density at radius 2 is 1.65 bits per heavy atom. The van der Waals surface area contributed by atoms with Crippen molar-refractivity contribution in [3.63, 3.8) is 0 Å². The third-order valence-corrected chi connectivity index (χ3v) is 6.74. The molecule has 0 aliphatic heterocycles. The summed E-state index contributed by atoms with van der Waals surface area (Å²) in [6.45, 7) is 2.65. The van der Waals surface area contributed by atoms with Crippen molar-refractivity contribution in [1.82, 2.24) is 14.8 Å². The first-order chi connectivity index (χ1) is 16.4. The molecule has 2 amide bonds. The summed E-state index contributed by atoms with van der Waals surface area (Å²) in [5.74, 6) is -0.0259. The normalized spacial score (nSPS) is 16.5. The van der Waals surface area contributed by atoms with Gasteiger partial charge in [-0.25, -0.2) is 0 Å². The van der Waals surface area contributed by atoms with Crippen LogP contribution in [0.2, 0.25) is 0 Å². The molecule has 0 spiro atoms. The minimum atomic E-state index is -0.501. The number of nitrogens with zero attached hydrogens (tertiary/aromatic N) is 2. The lowest BCUT2D eigenvalue weighted by Crippen LogP contribution is -2.40. The zero-order valence-corrected chi connectivity index (χ0v) is 20.2. The van der Waals surface area contributed by atoms with Gasteiger partial charge in [0, 0.05) is 31.5 Å². The van der Waals surface area contributed by atoms with Gasteiger partial charge in [-0.1, -0.05) is 43.4 Å². The lowest BCUT2D eigenvalue weighted by atomic mass is 10.1. The lowest BCUT2D eigenvalue weighted by molar-refractivity contribution is 0.0771. The Kier molecular flexibility index (Phi) is 7.70. The molecule has 0 atom stereocenters. The molecule has 0 saturated heterocycles. The van der Waals surface area contributed by atoms with Crippen molar-refractivity contribution in [2.24, 2.45) is 0 Å². The number of hydrogen-bond donors (Lipinski definition) is 1. The van der Waals surface area contributed by atoms with Gasteiger partial charge in [0.15, 0.2) is 0 Å². The van der Waals surface area contributed by atoms with Crippen LogP contribution in [0, 0.1) is 6.92 Å². The molecular weight excluding hydrogens is 430 g/mol. The first-order valence-electron chi connectivity index (χ1n) is 12.4. The molecule has 0 bridgehead atoms. The number of nitrogens with one attached hydrogen (secondary N) is 1. The molecule has 0 unspecified atom stereocenters. The minimum Gasteiger partial charge on any atom is -0.492 e. The van der Waals surface area contributed by atoms with Crippen molar-refractivity contribution >= 4 is 11.8 Å². The zero-order valence-electron chi connectivity index (χ0n) is 20.2. The van der Waals surface area contributed by atoms with Gasteiger partial charge in [-0.2, -0.15) is 0 Å². The third kappa shape index (κ3) is 6.07. The Labute approximate surface area is 201 Å². The predicted molar refractivity (Wildman–Crippen MR) is 132 cm³/mol. The van der Waals surface area contributed by atoms with Crippen LogP contribution in [0.4, 0.5) is 0 Å². The Bertz CT molecular complexity index is 1060. The van der Waals surface area contributed by atoms with E-state index in [1.165, 1.54) is 17.7 Å². The van der Waals surface area contributed by atoms with Gasteiger partial charge in [0.25, 0.3) is 11.8 Å². The molecule has 2 fully saturated rings. The largest absolute Gasteiger partial charge is 0.492 e. The molecule has 4 rings (SSSR count). The highest BCUT2D eigenvalue weighted by atomic mass is 16.5. The van der Waals surface area contributed by atoms with E-state index in [9.17, 15) is 14.4 Å². The van der Waals surface area contributed by atoms with Crippen LogP contribution in [-0.4, -0.2) is 47.5 Å². The van der Waals surface area contributed by atoms with Gasteiger partial charge in [0.2, 0.25) is 5.43 Å². The van der Waals surface area contributed by atoms with Crippen molar-refractivity contribution in [3.05, 3.63) is 63.6 Å². The summed E-state index contributed by atoms with van der Waals surface area (Å²) in [7, 11) is 1.65. The van der Waals surface area contributed by atoms with Crippen LogP contribution in [0.1, 0.15) is 83.7 Å². The van der Waals surface area contributed by atoms with Crippen molar-refractivity contribution < 1.29 is 14.3 Å². The zero-order chi connectivity index (χ0) is 24.1. The van der Waals surface area contributed by atoms with E-state index < -0.39 is 11.3 Å². The van der Waals surface area contributed by atoms with Crippen LogP contribution < -0.4 is 15.5 Å². The maximum Gasteiger partial charge on any atom is 0.259 e. The Morgan fingerprint density at radius 1 is 1.00 bits per heavy atom.